The molecule has 5 nitrogen and oxygen atoms in total. The zero-order chi connectivity index (χ0) is 14.4. The van der Waals surface area contributed by atoms with E-state index in [1.807, 2.05) is 32.0 Å². The van der Waals surface area contributed by atoms with Gasteiger partial charge in [-0.3, -0.25) is 0 Å². The van der Waals surface area contributed by atoms with Crippen molar-refractivity contribution in [3.63, 3.8) is 0 Å². The third-order valence-electron chi connectivity index (χ3n) is 3.26. The fraction of sp³-hybridized carbons (Fsp3) is 0.533. The summed E-state index contributed by atoms with van der Waals surface area (Å²) in [5, 5.41) is 5.63. The number of carbonyl (C=O) groups excluding carboxylic acids is 1. The molecule has 0 radical (unpaired) electrons. The second-order valence-corrected chi connectivity index (χ2v) is 4.88. The molecular formula is C15H22N2O3. The van der Waals surface area contributed by atoms with E-state index in [1.54, 1.807) is 0 Å². The highest BCUT2D eigenvalue weighted by Gasteiger charge is 2.16. The lowest BCUT2D eigenvalue weighted by Crippen LogP contribution is -2.35. The van der Waals surface area contributed by atoms with Crippen LogP contribution >= 0.6 is 0 Å². The Bertz CT molecular complexity index is 456. The quantitative estimate of drug-likeness (QED) is 0.870. The number of ether oxygens (including phenoxy) is 2. The van der Waals surface area contributed by atoms with E-state index in [2.05, 4.69) is 10.6 Å². The summed E-state index contributed by atoms with van der Waals surface area (Å²) < 4.78 is 11.0. The SMILES string of the molecule is CCOc1cc(NC(=O)NCC2CCCO2)ccc1C. The highest BCUT2D eigenvalue weighted by Crippen LogP contribution is 2.22. The largest absolute Gasteiger partial charge is 0.494 e. The van der Waals surface area contributed by atoms with E-state index >= 15 is 0 Å². The monoisotopic (exact) mass is 278 g/mol. The summed E-state index contributed by atoms with van der Waals surface area (Å²) in [7, 11) is 0. The van der Waals surface area contributed by atoms with Crippen LogP contribution in [0.25, 0.3) is 0 Å². The van der Waals surface area contributed by atoms with Crippen LogP contribution in [0.4, 0.5) is 10.5 Å². The van der Waals surface area contributed by atoms with Gasteiger partial charge in [-0.15, -0.1) is 0 Å². The molecule has 1 unspecified atom stereocenters. The molecule has 1 aromatic carbocycles. The first kappa shape index (κ1) is 14.7. The third kappa shape index (κ3) is 4.13. The van der Waals surface area contributed by atoms with Gasteiger partial charge in [0.25, 0.3) is 0 Å². The van der Waals surface area contributed by atoms with E-state index in [-0.39, 0.29) is 12.1 Å². The molecule has 5 heteroatoms. The Morgan fingerprint density at radius 2 is 2.35 bits per heavy atom. The molecule has 2 N–H and O–H groups in total. The van der Waals surface area contributed by atoms with E-state index in [0.717, 1.165) is 36.4 Å². The molecule has 0 bridgehead atoms. The standard InChI is InChI=1S/C15H22N2O3/c1-3-19-14-9-12(7-6-11(14)2)17-15(18)16-10-13-5-4-8-20-13/h6-7,9,13H,3-5,8,10H2,1-2H3,(H2,16,17,18). The fourth-order valence-electron chi connectivity index (χ4n) is 2.18. The van der Waals surface area contributed by atoms with Crippen LogP contribution in [0.5, 0.6) is 5.75 Å². The average Bonchev–Trinajstić information content (AvgIpc) is 2.94. The summed E-state index contributed by atoms with van der Waals surface area (Å²) in [5.41, 5.74) is 1.78. The van der Waals surface area contributed by atoms with E-state index in [9.17, 15) is 4.79 Å². The molecule has 1 aliphatic rings. The van der Waals surface area contributed by atoms with Gasteiger partial charge < -0.3 is 20.1 Å². The van der Waals surface area contributed by atoms with Gasteiger partial charge in [0.2, 0.25) is 0 Å². The number of benzene rings is 1. The Balaban J connectivity index is 1.85. The smallest absolute Gasteiger partial charge is 0.319 e. The minimum atomic E-state index is -0.216. The molecule has 0 spiro atoms. The fourth-order valence-corrected chi connectivity index (χ4v) is 2.18. The predicted molar refractivity (Wildman–Crippen MR) is 78.3 cm³/mol. The Labute approximate surface area is 119 Å². The van der Waals surface area contributed by atoms with Gasteiger partial charge in [-0.05, 0) is 38.3 Å². The maximum absolute atomic E-state index is 11.8. The number of nitrogens with one attached hydrogen (secondary N) is 2. The minimum absolute atomic E-state index is 0.151. The molecule has 0 saturated carbocycles. The van der Waals surface area contributed by atoms with Crippen molar-refractivity contribution in [1.29, 1.82) is 0 Å². The van der Waals surface area contributed by atoms with Gasteiger partial charge in [0, 0.05) is 24.9 Å². The van der Waals surface area contributed by atoms with E-state index in [0.29, 0.717) is 13.2 Å². The number of carbonyl (C=O) groups is 1. The lowest BCUT2D eigenvalue weighted by molar-refractivity contribution is 0.112. The maximum Gasteiger partial charge on any atom is 0.319 e. The Hall–Kier alpha value is -1.75. The first-order valence-electron chi connectivity index (χ1n) is 7.09. The van der Waals surface area contributed by atoms with Crippen molar-refractivity contribution in [3.8, 4) is 5.75 Å². The highest BCUT2D eigenvalue weighted by atomic mass is 16.5. The first-order valence-corrected chi connectivity index (χ1v) is 7.09. The lowest BCUT2D eigenvalue weighted by Gasteiger charge is -2.13. The van der Waals surface area contributed by atoms with Crippen LogP contribution in [0.15, 0.2) is 18.2 Å². The summed E-state index contributed by atoms with van der Waals surface area (Å²) in [6.45, 7) is 5.87. The molecule has 1 atom stereocenters. The van der Waals surface area contributed by atoms with Crippen LogP contribution in [0.2, 0.25) is 0 Å². The van der Waals surface area contributed by atoms with Crippen LogP contribution in [-0.4, -0.2) is 31.9 Å². The molecule has 1 fully saturated rings. The number of amides is 2. The Kier molecular flexibility index (Phi) is 5.24. The minimum Gasteiger partial charge on any atom is -0.494 e. The molecule has 0 aliphatic carbocycles. The van der Waals surface area contributed by atoms with Crippen molar-refractivity contribution < 1.29 is 14.3 Å². The number of anilines is 1. The van der Waals surface area contributed by atoms with E-state index < -0.39 is 0 Å². The number of hydrogen-bond acceptors (Lipinski definition) is 3. The molecule has 2 amide bonds. The van der Waals surface area contributed by atoms with Gasteiger partial charge in [-0.1, -0.05) is 6.07 Å². The average molecular weight is 278 g/mol. The zero-order valence-electron chi connectivity index (χ0n) is 12.1. The van der Waals surface area contributed by atoms with Crippen LogP contribution in [0.3, 0.4) is 0 Å². The van der Waals surface area contributed by atoms with Crippen molar-refractivity contribution in [3.05, 3.63) is 23.8 Å². The molecular weight excluding hydrogens is 256 g/mol. The van der Waals surface area contributed by atoms with Crippen molar-refractivity contribution in [2.75, 3.05) is 25.1 Å². The van der Waals surface area contributed by atoms with Gasteiger partial charge in [-0.25, -0.2) is 4.79 Å². The van der Waals surface area contributed by atoms with Crippen LogP contribution < -0.4 is 15.4 Å². The summed E-state index contributed by atoms with van der Waals surface area (Å²) in [5.74, 6) is 0.796. The topological polar surface area (TPSA) is 59.6 Å². The van der Waals surface area contributed by atoms with Crippen LogP contribution in [0, 0.1) is 6.92 Å². The molecule has 110 valence electrons. The van der Waals surface area contributed by atoms with Gasteiger partial charge in [0.05, 0.1) is 12.7 Å². The predicted octanol–water partition coefficient (Wildman–Crippen LogP) is 2.69. The van der Waals surface area contributed by atoms with Gasteiger partial charge in [0.1, 0.15) is 5.75 Å². The Morgan fingerprint density at radius 1 is 1.50 bits per heavy atom. The summed E-state index contributed by atoms with van der Waals surface area (Å²) in [6, 6.07) is 5.42. The first-order chi connectivity index (χ1) is 9.69. The van der Waals surface area contributed by atoms with Crippen molar-refractivity contribution in [1.82, 2.24) is 5.32 Å². The second kappa shape index (κ2) is 7.14. The molecule has 0 aromatic heterocycles. The molecule has 1 aliphatic heterocycles. The highest BCUT2D eigenvalue weighted by molar-refractivity contribution is 5.89. The van der Waals surface area contributed by atoms with Gasteiger partial charge in [0.15, 0.2) is 0 Å². The van der Waals surface area contributed by atoms with Crippen LogP contribution in [-0.2, 0) is 4.74 Å². The van der Waals surface area contributed by atoms with Gasteiger partial charge in [-0.2, -0.15) is 0 Å². The maximum atomic E-state index is 11.8. The number of aryl methyl sites for hydroxylation is 1. The second-order valence-electron chi connectivity index (χ2n) is 4.88. The molecule has 1 aromatic rings. The lowest BCUT2D eigenvalue weighted by atomic mass is 10.2. The molecule has 20 heavy (non-hydrogen) atoms. The Morgan fingerprint density at radius 3 is 3.05 bits per heavy atom. The summed E-state index contributed by atoms with van der Waals surface area (Å²) in [4.78, 5) is 11.8. The van der Waals surface area contributed by atoms with Gasteiger partial charge >= 0.3 is 6.03 Å². The number of urea groups is 1. The van der Waals surface area contributed by atoms with Crippen molar-refractivity contribution in [2.45, 2.75) is 32.8 Å². The molecule has 1 heterocycles. The number of hydrogen-bond donors (Lipinski definition) is 2. The van der Waals surface area contributed by atoms with E-state index in [1.165, 1.54) is 0 Å². The summed E-state index contributed by atoms with van der Waals surface area (Å²) in [6.07, 6.45) is 2.24. The van der Waals surface area contributed by atoms with Crippen molar-refractivity contribution >= 4 is 11.7 Å². The normalized spacial score (nSPS) is 17.8. The number of rotatable bonds is 5. The molecule has 2 rings (SSSR count). The third-order valence-corrected chi connectivity index (χ3v) is 3.26. The molecule has 1 saturated heterocycles. The van der Waals surface area contributed by atoms with Crippen LogP contribution in [0.1, 0.15) is 25.3 Å². The van der Waals surface area contributed by atoms with Crippen molar-refractivity contribution in [2.24, 2.45) is 0 Å². The zero-order valence-corrected chi connectivity index (χ0v) is 12.1. The summed E-state index contributed by atoms with van der Waals surface area (Å²) >= 11 is 0. The van der Waals surface area contributed by atoms with E-state index in [4.69, 9.17) is 9.47 Å².